The molecule has 0 N–H and O–H groups in total. The SMILES string of the molecule is Cc1cc(C)c2ccccc2c1-c1[c]ccc2cccc(C)c12. The van der Waals surface area contributed by atoms with Crippen molar-refractivity contribution in [2.75, 3.05) is 0 Å². The van der Waals surface area contributed by atoms with Gasteiger partial charge in [-0.15, -0.1) is 0 Å². The average Bonchev–Trinajstić information content (AvgIpc) is 2.55. The second-order valence-electron chi connectivity index (χ2n) is 6.32. The highest BCUT2D eigenvalue weighted by atomic mass is 14.2. The molecule has 4 rings (SSSR count). The molecule has 0 aliphatic heterocycles. The summed E-state index contributed by atoms with van der Waals surface area (Å²) in [5.74, 6) is 0. The number of rotatable bonds is 1. The maximum atomic E-state index is 3.52. The summed E-state index contributed by atoms with van der Waals surface area (Å²) in [5.41, 5.74) is 6.48. The second-order valence-corrected chi connectivity index (χ2v) is 6.32. The Morgan fingerprint density at radius 1 is 0.696 bits per heavy atom. The monoisotopic (exact) mass is 295 g/mol. The molecule has 4 aromatic carbocycles. The smallest absolute Gasteiger partial charge is 0.00150 e. The lowest BCUT2D eigenvalue weighted by Crippen LogP contribution is -1.92. The molecule has 0 spiro atoms. The summed E-state index contributed by atoms with van der Waals surface area (Å²) in [5, 5.41) is 5.24. The van der Waals surface area contributed by atoms with Crippen LogP contribution in [-0.4, -0.2) is 0 Å². The fraction of sp³-hybridized carbons (Fsp3) is 0.130. The van der Waals surface area contributed by atoms with E-state index < -0.39 is 0 Å². The molecule has 0 amide bonds. The zero-order valence-corrected chi connectivity index (χ0v) is 13.8. The van der Waals surface area contributed by atoms with E-state index in [2.05, 4.69) is 81.4 Å². The van der Waals surface area contributed by atoms with Crippen molar-refractivity contribution in [3.63, 3.8) is 0 Å². The lowest BCUT2D eigenvalue weighted by Gasteiger charge is -2.16. The Morgan fingerprint density at radius 2 is 1.48 bits per heavy atom. The normalized spacial score (nSPS) is 11.3. The van der Waals surface area contributed by atoms with E-state index in [1.807, 2.05) is 6.07 Å². The number of aryl methyl sites for hydroxylation is 3. The van der Waals surface area contributed by atoms with Gasteiger partial charge in [-0.3, -0.25) is 0 Å². The number of hydrogen-bond donors (Lipinski definition) is 0. The third kappa shape index (κ3) is 2.14. The van der Waals surface area contributed by atoms with Gasteiger partial charge in [-0.05, 0) is 76.2 Å². The van der Waals surface area contributed by atoms with Crippen LogP contribution in [0.1, 0.15) is 16.7 Å². The molecule has 111 valence electrons. The van der Waals surface area contributed by atoms with Gasteiger partial charge in [-0.2, -0.15) is 0 Å². The van der Waals surface area contributed by atoms with E-state index in [4.69, 9.17) is 0 Å². The van der Waals surface area contributed by atoms with Crippen molar-refractivity contribution >= 4 is 21.5 Å². The van der Waals surface area contributed by atoms with Crippen molar-refractivity contribution in [2.45, 2.75) is 20.8 Å². The maximum Gasteiger partial charge on any atom is -0.00150 e. The third-order valence-corrected chi connectivity index (χ3v) is 4.74. The molecule has 0 heterocycles. The number of fused-ring (bicyclic) bond motifs is 2. The van der Waals surface area contributed by atoms with Crippen LogP contribution < -0.4 is 0 Å². The average molecular weight is 295 g/mol. The van der Waals surface area contributed by atoms with Crippen molar-refractivity contribution in [3.8, 4) is 11.1 Å². The van der Waals surface area contributed by atoms with Gasteiger partial charge in [0.25, 0.3) is 0 Å². The Morgan fingerprint density at radius 3 is 2.30 bits per heavy atom. The van der Waals surface area contributed by atoms with Crippen LogP contribution in [-0.2, 0) is 0 Å². The van der Waals surface area contributed by atoms with Gasteiger partial charge in [0.2, 0.25) is 0 Å². The van der Waals surface area contributed by atoms with Gasteiger partial charge in [-0.1, -0.05) is 60.7 Å². The Hall–Kier alpha value is -2.60. The zero-order chi connectivity index (χ0) is 16.0. The Labute approximate surface area is 137 Å². The van der Waals surface area contributed by atoms with E-state index in [0.29, 0.717) is 0 Å². The first-order valence-electron chi connectivity index (χ1n) is 8.06. The molecule has 0 aliphatic carbocycles. The molecule has 0 atom stereocenters. The Kier molecular flexibility index (Phi) is 3.20. The maximum absolute atomic E-state index is 3.52. The van der Waals surface area contributed by atoms with Crippen LogP contribution in [0.2, 0.25) is 0 Å². The summed E-state index contributed by atoms with van der Waals surface area (Å²) in [6.07, 6.45) is 0. The van der Waals surface area contributed by atoms with Crippen LogP contribution in [0.5, 0.6) is 0 Å². The molecular weight excluding hydrogens is 276 g/mol. The van der Waals surface area contributed by atoms with Crippen LogP contribution >= 0.6 is 0 Å². The van der Waals surface area contributed by atoms with Crippen LogP contribution in [0.4, 0.5) is 0 Å². The molecule has 23 heavy (non-hydrogen) atoms. The van der Waals surface area contributed by atoms with E-state index in [1.165, 1.54) is 49.4 Å². The highest BCUT2D eigenvalue weighted by Crippen LogP contribution is 2.38. The summed E-state index contributed by atoms with van der Waals surface area (Å²) in [6, 6.07) is 25.2. The molecule has 4 aromatic rings. The summed E-state index contributed by atoms with van der Waals surface area (Å²) in [6.45, 7) is 6.59. The van der Waals surface area contributed by atoms with Gasteiger partial charge >= 0.3 is 0 Å². The van der Waals surface area contributed by atoms with Gasteiger partial charge in [-0.25, -0.2) is 0 Å². The summed E-state index contributed by atoms with van der Waals surface area (Å²) < 4.78 is 0. The van der Waals surface area contributed by atoms with Gasteiger partial charge in [0.1, 0.15) is 0 Å². The molecule has 0 heteroatoms. The second kappa shape index (κ2) is 5.24. The Balaban J connectivity index is 2.20. The van der Waals surface area contributed by atoms with Crippen molar-refractivity contribution < 1.29 is 0 Å². The van der Waals surface area contributed by atoms with Crippen LogP contribution in [0.15, 0.2) is 60.7 Å². The van der Waals surface area contributed by atoms with E-state index in [9.17, 15) is 0 Å². The molecule has 0 nitrogen and oxygen atoms in total. The van der Waals surface area contributed by atoms with Crippen molar-refractivity contribution in [2.24, 2.45) is 0 Å². The minimum atomic E-state index is 1.22. The zero-order valence-electron chi connectivity index (χ0n) is 13.8. The molecule has 0 unspecified atom stereocenters. The standard InChI is InChI=1S/C23H19/c1-15-8-6-9-18-10-7-13-21(22(15)18)23-17(3)14-16(2)19-11-4-5-12-20(19)23/h4-12,14H,1-3H3. The minimum absolute atomic E-state index is 1.22. The number of benzene rings is 4. The molecule has 0 saturated heterocycles. The highest BCUT2D eigenvalue weighted by molar-refractivity contribution is 6.08. The first kappa shape index (κ1) is 14.0. The molecule has 1 radical (unpaired) electrons. The van der Waals surface area contributed by atoms with E-state index >= 15 is 0 Å². The first-order valence-corrected chi connectivity index (χ1v) is 8.06. The van der Waals surface area contributed by atoms with Crippen molar-refractivity contribution in [1.82, 2.24) is 0 Å². The van der Waals surface area contributed by atoms with Crippen molar-refractivity contribution in [1.29, 1.82) is 0 Å². The molecule has 0 aliphatic rings. The first-order chi connectivity index (χ1) is 11.2. The van der Waals surface area contributed by atoms with Crippen molar-refractivity contribution in [3.05, 3.63) is 83.4 Å². The van der Waals surface area contributed by atoms with E-state index in [1.54, 1.807) is 0 Å². The number of hydrogen-bond acceptors (Lipinski definition) is 0. The fourth-order valence-electron chi connectivity index (χ4n) is 3.72. The quantitative estimate of drug-likeness (QED) is 0.382. The van der Waals surface area contributed by atoms with E-state index in [0.717, 1.165) is 0 Å². The predicted octanol–water partition coefficient (Wildman–Crippen LogP) is 6.39. The van der Waals surface area contributed by atoms with E-state index in [-0.39, 0.29) is 0 Å². The molecular formula is C23H19. The molecule has 0 saturated carbocycles. The summed E-state index contributed by atoms with van der Waals surface area (Å²) >= 11 is 0. The lowest BCUT2D eigenvalue weighted by atomic mass is 9.88. The van der Waals surface area contributed by atoms with Gasteiger partial charge < -0.3 is 0 Å². The third-order valence-electron chi connectivity index (χ3n) is 4.74. The molecule has 0 aromatic heterocycles. The Bertz CT molecular complexity index is 1030. The topological polar surface area (TPSA) is 0 Å². The highest BCUT2D eigenvalue weighted by Gasteiger charge is 2.13. The summed E-state index contributed by atoms with van der Waals surface area (Å²) in [4.78, 5) is 0. The fourth-order valence-corrected chi connectivity index (χ4v) is 3.72. The predicted molar refractivity (Wildman–Crippen MR) is 99.9 cm³/mol. The van der Waals surface area contributed by atoms with Crippen LogP contribution in [0.25, 0.3) is 32.7 Å². The summed E-state index contributed by atoms with van der Waals surface area (Å²) in [7, 11) is 0. The minimum Gasteiger partial charge on any atom is -0.0616 e. The van der Waals surface area contributed by atoms with Gasteiger partial charge in [0.05, 0.1) is 0 Å². The largest absolute Gasteiger partial charge is 0.0616 e. The lowest BCUT2D eigenvalue weighted by molar-refractivity contribution is 1.42. The molecule has 0 bridgehead atoms. The molecule has 0 fully saturated rings. The van der Waals surface area contributed by atoms with Gasteiger partial charge in [0, 0.05) is 0 Å². The van der Waals surface area contributed by atoms with Crippen LogP contribution in [0.3, 0.4) is 0 Å². The van der Waals surface area contributed by atoms with Gasteiger partial charge in [0.15, 0.2) is 0 Å². The van der Waals surface area contributed by atoms with Crippen LogP contribution in [0, 0.1) is 26.8 Å².